The number of ether oxygens (including phenoxy) is 1. The summed E-state index contributed by atoms with van der Waals surface area (Å²) in [5.41, 5.74) is 9.21. The van der Waals surface area contributed by atoms with Gasteiger partial charge in [-0.15, -0.1) is 0 Å². The highest BCUT2D eigenvalue weighted by Crippen LogP contribution is 2.37. The van der Waals surface area contributed by atoms with Gasteiger partial charge in [0.1, 0.15) is 17.3 Å². The lowest BCUT2D eigenvalue weighted by Gasteiger charge is -2.26. The number of pyridine rings is 1. The predicted octanol–water partition coefficient (Wildman–Crippen LogP) is 12.0. The second-order valence-electron chi connectivity index (χ2n) is 18.6. The molecule has 0 unspecified atom stereocenters. The van der Waals surface area contributed by atoms with Gasteiger partial charge in [-0.05, 0) is 99.0 Å². The van der Waals surface area contributed by atoms with Crippen LogP contribution in [0.2, 0.25) is 0 Å². The van der Waals surface area contributed by atoms with Gasteiger partial charge in [-0.1, -0.05) is 113 Å². The lowest BCUT2D eigenvalue weighted by molar-refractivity contribution is -0.599. The third-order valence-corrected chi connectivity index (χ3v) is 10.2. The topological polar surface area (TPSA) is 35.9 Å². The van der Waals surface area contributed by atoms with Crippen LogP contribution in [0.5, 0.6) is 11.5 Å². The van der Waals surface area contributed by atoms with Gasteiger partial charge in [-0.3, -0.25) is 13.7 Å². The fourth-order valence-corrected chi connectivity index (χ4v) is 6.93. The molecule has 53 heavy (non-hydrogen) atoms. The summed E-state index contributed by atoms with van der Waals surface area (Å²) in [5, 5.41) is 2.35. The molecule has 0 aliphatic heterocycles. The molecule has 5 nitrogen and oxygen atoms in total. The van der Waals surface area contributed by atoms with Crippen LogP contribution in [0.1, 0.15) is 105 Å². The smallest absolute Gasteiger partial charge is 0.269 e. The third-order valence-electron chi connectivity index (χ3n) is 10.2. The van der Waals surface area contributed by atoms with E-state index in [0.717, 1.165) is 50.8 Å². The number of imidazole rings is 1. The van der Waals surface area contributed by atoms with Crippen molar-refractivity contribution in [1.29, 1.82) is 0 Å². The third kappa shape index (κ3) is 7.14. The Morgan fingerprint density at radius 2 is 1.21 bits per heavy atom. The van der Waals surface area contributed by atoms with E-state index in [0.29, 0.717) is 0 Å². The van der Waals surface area contributed by atoms with Gasteiger partial charge in [0, 0.05) is 29.2 Å². The number of para-hydroxylation sites is 1. The van der Waals surface area contributed by atoms with Crippen LogP contribution in [-0.4, -0.2) is 14.1 Å². The van der Waals surface area contributed by atoms with Crippen LogP contribution >= 0.6 is 0 Å². The van der Waals surface area contributed by atoms with Crippen molar-refractivity contribution in [1.82, 2.24) is 14.1 Å². The second kappa shape index (κ2) is 12.8. The summed E-state index contributed by atoms with van der Waals surface area (Å²) in [7, 11) is 0. The zero-order chi connectivity index (χ0) is 38.1. The van der Waals surface area contributed by atoms with Crippen molar-refractivity contribution in [3.8, 4) is 28.7 Å². The van der Waals surface area contributed by atoms with E-state index in [-0.39, 0.29) is 21.7 Å². The number of fused-ring (bicyclic) bond motifs is 3. The zero-order valence-electron chi connectivity index (χ0n) is 33.6. The molecule has 0 aliphatic carbocycles. The first-order chi connectivity index (χ1) is 24.8. The molecular formula is C48H54N4O. The van der Waals surface area contributed by atoms with Crippen LogP contribution < -0.4 is 9.30 Å². The maximum Gasteiger partial charge on any atom is 0.269 e. The minimum atomic E-state index is -0.135. The molecule has 7 aromatic rings. The predicted molar refractivity (Wildman–Crippen MR) is 220 cm³/mol. The molecule has 0 saturated carbocycles. The first-order valence-electron chi connectivity index (χ1n) is 18.8. The average Bonchev–Trinajstić information content (AvgIpc) is 3.68. The maximum atomic E-state index is 6.67. The van der Waals surface area contributed by atoms with Crippen molar-refractivity contribution < 1.29 is 9.30 Å². The van der Waals surface area contributed by atoms with E-state index in [9.17, 15) is 0 Å². The van der Waals surface area contributed by atoms with Gasteiger partial charge < -0.3 is 4.74 Å². The average molecular weight is 703 g/mol. The molecule has 7 rings (SSSR count). The molecule has 0 aliphatic rings. The quantitative estimate of drug-likeness (QED) is 0.132. The van der Waals surface area contributed by atoms with Crippen LogP contribution in [0.4, 0.5) is 0 Å². The summed E-state index contributed by atoms with van der Waals surface area (Å²) in [6, 6.07) is 34.5. The van der Waals surface area contributed by atoms with Crippen LogP contribution in [0.25, 0.3) is 39.0 Å². The molecule has 0 amide bonds. The summed E-state index contributed by atoms with van der Waals surface area (Å²) in [5.74, 6) is 2.43. The summed E-state index contributed by atoms with van der Waals surface area (Å²) >= 11 is 0. The van der Waals surface area contributed by atoms with E-state index in [1.54, 1.807) is 0 Å². The van der Waals surface area contributed by atoms with Crippen LogP contribution in [0.15, 0.2) is 109 Å². The molecular weight excluding hydrogens is 649 g/mol. The zero-order valence-corrected chi connectivity index (χ0v) is 33.6. The van der Waals surface area contributed by atoms with Crippen molar-refractivity contribution >= 4 is 21.8 Å². The normalized spacial score (nSPS) is 12.9. The van der Waals surface area contributed by atoms with Gasteiger partial charge in [0.05, 0.1) is 28.1 Å². The molecule has 0 atom stereocenters. The number of nitrogens with zero attached hydrogens (tertiary/aromatic N) is 4. The molecule has 0 saturated heterocycles. The number of benzene rings is 4. The lowest BCUT2D eigenvalue weighted by atomic mass is 9.80. The lowest BCUT2D eigenvalue weighted by Crippen LogP contribution is -2.30. The number of rotatable bonds is 5. The van der Waals surface area contributed by atoms with Gasteiger partial charge in [0.25, 0.3) is 6.33 Å². The second-order valence-corrected chi connectivity index (χ2v) is 18.6. The number of hydrogen-bond donors (Lipinski definition) is 0. The van der Waals surface area contributed by atoms with Gasteiger partial charge in [-0.2, -0.15) is 0 Å². The Bertz CT molecular complexity index is 2440. The van der Waals surface area contributed by atoms with Crippen molar-refractivity contribution in [2.24, 2.45) is 0 Å². The molecule has 5 heteroatoms. The van der Waals surface area contributed by atoms with Gasteiger partial charge in [-0.25, -0.2) is 4.98 Å². The van der Waals surface area contributed by atoms with E-state index in [2.05, 4.69) is 200 Å². The fourth-order valence-electron chi connectivity index (χ4n) is 6.93. The monoisotopic (exact) mass is 702 g/mol. The van der Waals surface area contributed by atoms with E-state index in [4.69, 9.17) is 9.72 Å². The van der Waals surface area contributed by atoms with E-state index in [1.165, 1.54) is 22.1 Å². The fraction of sp³-hybridized carbons (Fsp3) is 0.333. The molecule has 0 spiro atoms. The Hall–Kier alpha value is -5.16. The van der Waals surface area contributed by atoms with Gasteiger partial charge in [0.15, 0.2) is 0 Å². The summed E-state index contributed by atoms with van der Waals surface area (Å²) in [6.45, 7) is 27.2. The largest absolute Gasteiger partial charge is 0.458 e. The molecule has 3 heterocycles. The highest BCUT2D eigenvalue weighted by atomic mass is 16.5. The van der Waals surface area contributed by atoms with Crippen molar-refractivity contribution in [3.63, 3.8) is 0 Å². The molecule has 3 aromatic heterocycles. The molecule has 0 N–H and O–H groups in total. The van der Waals surface area contributed by atoms with Crippen molar-refractivity contribution in [3.05, 3.63) is 138 Å². The minimum Gasteiger partial charge on any atom is -0.458 e. The maximum absolute atomic E-state index is 6.67. The molecule has 0 bridgehead atoms. The first kappa shape index (κ1) is 36.2. The highest BCUT2D eigenvalue weighted by Gasteiger charge is 2.25. The van der Waals surface area contributed by atoms with E-state index < -0.39 is 0 Å². The van der Waals surface area contributed by atoms with Crippen molar-refractivity contribution in [2.45, 2.75) is 105 Å². The van der Waals surface area contributed by atoms with Crippen LogP contribution in [0, 0.1) is 6.33 Å². The summed E-state index contributed by atoms with van der Waals surface area (Å²) in [4.78, 5) is 4.85. The minimum absolute atomic E-state index is 0.00480. The molecule has 4 aromatic carbocycles. The molecule has 0 radical (unpaired) electrons. The van der Waals surface area contributed by atoms with E-state index >= 15 is 0 Å². The van der Waals surface area contributed by atoms with Gasteiger partial charge in [0.2, 0.25) is 0 Å². The van der Waals surface area contributed by atoms with Crippen molar-refractivity contribution in [2.75, 3.05) is 0 Å². The van der Waals surface area contributed by atoms with Crippen LogP contribution in [-0.2, 0) is 21.7 Å². The van der Waals surface area contributed by atoms with Crippen LogP contribution in [0.3, 0.4) is 0 Å². The summed E-state index contributed by atoms with van der Waals surface area (Å²) < 4.78 is 13.3. The Labute approximate surface area is 315 Å². The Morgan fingerprint density at radius 3 is 1.87 bits per heavy atom. The summed E-state index contributed by atoms with van der Waals surface area (Å²) in [6.07, 6.45) is 7.87. The van der Waals surface area contributed by atoms with E-state index in [1.807, 2.05) is 12.3 Å². The highest BCUT2D eigenvalue weighted by molar-refractivity contribution is 6.09. The standard InChI is InChI=1S/C48H54N4O/c1-45(2,3)32-22-23-49-44(27-32)52-41-19-14-13-18-39(41)40-21-20-38(29-42(40)52)53-37-17-15-16-35(28-37)51-31-50(30-43(51)48(10,11)12)36-25-33(46(4,5)6)24-34(26-36)47(7,8)9/h13-30H,1-12H3. The number of hydrogen-bond acceptors (Lipinski definition) is 2. The number of aromatic nitrogens is 4. The SMILES string of the molecule is CC(C)(C)c1cc(-[n+]2[c-]n(-c3cccc(Oc4ccc5c6ccccc6n(-c6cc(C(C)(C)C)ccn6)c5c4)c3)c(C(C)(C)C)c2)cc(C(C)(C)C)c1. The Morgan fingerprint density at radius 1 is 0.566 bits per heavy atom. The molecule has 0 fully saturated rings. The van der Waals surface area contributed by atoms with Gasteiger partial charge >= 0.3 is 0 Å². The Balaban J connectivity index is 1.30. The molecule has 272 valence electrons. The Kier molecular flexibility index (Phi) is 8.71. The first-order valence-corrected chi connectivity index (χ1v) is 18.8.